The Labute approximate surface area is 126 Å². The number of anilines is 1. The SMILES string of the molecule is CC/C=C\C=C1/CN(CCOC)c2c(C)cccc2S1. The van der Waals surface area contributed by atoms with Crippen LogP contribution in [0.1, 0.15) is 18.9 Å². The van der Waals surface area contributed by atoms with E-state index in [0.717, 1.165) is 26.1 Å². The molecular weight excluding hydrogens is 266 g/mol. The fourth-order valence-electron chi connectivity index (χ4n) is 2.35. The minimum absolute atomic E-state index is 0.760. The quantitative estimate of drug-likeness (QED) is 0.797. The Morgan fingerprint density at radius 3 is 3.00 bits per heavy atom. The van der Waals surface area contributed by atoms with Gasteiger partial charge in [0, 0.05) is 30.0 Å². The first-order valence-corrected chi connectivity index (χ1v) is 7.95. The topological polar surface area (TPSA) is 12.5 Å². The summed E-state index contributed by atoms with van der Waals surface area (Å²) in [6, 6.07) is 6.54. The number of methoxy groups -OCH3 is 1. The molecule has 1 heterocycles. The van der Waals surface area contributed by atoms with Crippen molar-refractivity contribution in [2.75, 3.05) is 31.7 Å². The molecule has 2 nitrogen and oxygen atoms in total. The minimum Gasteiger partial charge on any atom is -0.383 e. The van der Waals surface area contributed by atoms with Gasteiger partial charge in [-0.3, -0.25) is 0 Å². The first kappa shape index (κ1) is 15.2. The highest BCUT2D eigenvalue weighted by Crippen LogP contribution is 2.42. The van der Waals surface area contributed by atoms with Crippen LogP contribution in [-0.2, 0) is 4.74 Å². The molecule has 20 heavy (non-hydrogen) atoms. The molecule has 0 radical (unpaired) electrons. The molecule has 3 heteroatoms. The molecule has 0 aliphatic carbocycles. The molecular formula is C17H23NOS. The lowest BCUT2D eigenvalue weighted by Gasteiger charge is -2.33. The van der Waals surface area contributed by atoms with E-state index in [0.29, 0.717) is 0 Å². The number of fused-ring (bicyclic) bond motifs is 1. The summed E-state index contributed by atoms with van der Waals surface area (Å²) in [5, 5.41) is 0. The lowest BCUT2D eigenvalue weighted by molar-refractivity contribution is 0.205. The van der Waals surface area contributed by atoms with E-state index in [4.69, 9.17) is 4.74 Å². The van der Waals surface area contributed by atoms with Gasteiger partial charge in [-0.05, 0) is 25.0 Å². The number of nitrogens with zero attached hydrogens (tertiary/aromatic N) is 1. The van der Waals surface area contributed by atoms with Crippen LogP contribution in [0.3, 0.4) is 0 Å². The van der Waals surface area contributed by atoms with E-state index in [1.54, 1.807) is 7.11 Å². The van der Waals surface area contributed by atoms with Crippen LogP contribution < -0.4 is 4.90 Å². The minimum atomic E-state index is 0.760. The van der Waals surface area contributed by atoms with Crippen molar-refractivity contribution in [2.24, 2.45) is 0 Å². The van der Waals surface area contributed by atoms with Gasteiger partial charge in [-0.2, -0.15) is 0 Å². The molecule has 0 atom stereocenters. The molecule has 1 aliphatic rings. The summed E-state index contributed by atoms with van der Waals surface area (Å²) in [6.07, 6.45) is 7.67. The number of aryl methyl sites for hydroxylation is 1. The summed E-state index contributed by atoms with van der Waals surface area (Å²) >= 11 is 1.89. The number of rotatable bonds is 5. The molecule has 1 aliphatic heterocycles. The number of benzene rings is 1. The second kappa shape index (κ2) is 7.55. The second-order valence-electron chi connectivity index (χ2n) is 4.91. The zero-order valence-corrected chi connectivity index (χ0v) is 13.4. The molecule has 108 valence electrons. The fourth-order valence-corrected chi connectivity index (χ4v) is 3.53. The van der Waals surface area contributed by atoms with Crippen LogP contribution >= 0.6 is 11.8 Å². The predicted octanol–water partition coefficient (Wildman–Crippen LogP) is 4.40. The monoisotopic (exact) mass is 289 g/mol. The van der Waals surface area contributed by atoms with Crippen LogP contribution in [-0.4, -0.2) is 26.8 Å². The number of allylic oxidation sites excluding steroid dienone is 3. The molecule has 1 aromatic rings. The zero-order valence-electron chi connectivity index (χ0n) is 12.6. The summed E-state index contributed by atoms with van der Waals surface area (Å²) in [6.45, 7) is 7.01. The van der Waals surface area contributed by atoms with E-state index in [1.165, 1.54) is 21.1 Å². The maximum absolute atomic E-state index is 5.25. The van der Waals surface area contributed by atoms with Gasteiger partial charge in [0.05, 0.1) is 12.3 Å². The van der Waals surface area contributed by atoms with Gasteiger partial charge in [0.25, 0.3) is 0 Å². The Bertz CT molecular complexity index is 508. The zero-order chi connectivity index (χ0) is 14.4. The van der Waals surface area contributed by atoms with Gasteiger partial charge in [-0.25, -0.2) is 0 Å². The lowest BCUT2D eigenvalue weighted by atomic mass is 10.1. The van der Waals surface area contributed by atoms with Crippen LogP contribution in [0.4, 0.5) is 5.69 Å². The van der Waals surface area contributed by atoms with E-state index in [2.05, 4.69) is 55.2 Å². The van der Waals surface area contributed by atoms with Crippen molar-refractivity contribution >= 4 is 17.4 Å². The summed E-state index contributed by atoms with van der Waals surface area (Å²) in [5.41, 5.74) is 2.71. The van der Waals surface area contributed by atoms with Gasteiger partial charge in [-0.15, -0.1) is 0 Å². The second-order valence-corrected chi connectivity index (χ2v) is 6.08. The Morgan fingerprint density at radius 1 is 1.40 bits per heavy atom. The molecule has 0 N–H and O–H groups in total. The standard InChI is InChI=1S/C17H23NOS/c1-4-5-6-9-15-13-18(11-12-19-3)17-14(2)8-7-10-16(17)20-15/h5-10H,4,11-13H2,1-3H3/b6-5-,15-9+. The van der Waals surface area contributed by atoms with Crippen LogP contribution in [0, 0.1) is 6.92 Å². The lowest BCUT2D eigenvalue weighted by Crippen LogP contribution is -2.32. The van der Waals surface area contributed by atoms with Crippen molar-refractivity contribution in [1.82, 2.24) is 0 Å². The van der Waals surface area contributed by atoms with Gasteiger partial charge >= 0.3 is 0 Å². The molecule has 0 spiro atoms. The third-order valence-corrected chi connectivity index (χ3v) is 4.40. The molecule has 0 fully saturated rings. The third kappa shape index (κ3) is 3.68. The van der Waals surface area contributed by atoms with Crippen molar-refractivity contribution in [3.63, 3.8) is 0 Å². The Kier molecular flexibility index (Phi) is 5.74. The van der Waals surface area contributed by atoms with Gasteiger partial charge in [0.15, 0.2) is 0 Å². The normalized spacial score (nSPS) is 16.9. The molecule has 2 rings (SSSR count). The number of hydrogen-bond acceptors (Lipinski definition) is 3. The average Bonchev–Trinajstić information content (AvgIpc) is 2.45. The van der Waals surface area contributed by atoms with E-state index in [-0.39, 0.29) is 0 Å². The Hall–Kier alpha value is -1.19. The number of thioether (sulfide) groups is 1. The smallest absolute Gasteiger partial charge is 0.0637 e. The van der Waals surface area contributed by atoms with Crippen LogP contribution in [0.2, 0.25) is 0 Å². The largest absolute Gasteiger partial charge is 0.383 e. The van der Waals surface area contributed by atoms with E-state index < -0.39 is 0 Å². The van der Waals surface area contributed by atoms with Crippen molar-refractivity contribution in [2.45, 2.75) is 25.2 Å². The van der Waals surface area contributed by atoms with Crippen molar-refractivity contribution in [1.29, 1.82) is 0 Å². The Balaban J connectivity index is 2.27. The molecule has 0 saturated carbocycles. The summed E-state index contributed by atoms with van der Waals surface area (Å²) < 4.78 is 5.25. The van der Waals surface area contributed by atoms with Crippen LogP contribution in [0.5, 0.6) is 0 Å². The highest BCUT2D eigenvalue weighted by atomic mass is 32.2. The molecule has 0 bridgehead atoms. The van der Waals surface area contributed by atoms with Crippen LogP contribution in [0.25, 0.3) is 0 Å². The summed E-state index contributed by atoms with van der Waals surface area (Å²) in [5.74, 6) is 0. The number of hydrogen-bond donors (Lipinski definition) is 0. The maximum atomic E-state index is 5.25. The number of ether oxygens (including phenoxy) is 1. The molecule has 0 aromatic heterocycles. The number of para-hydroxylation sites is 1. The van der Waals surface area contributed by atoms with Crippen molar-refractivity contribution < 1.29 is 4.74 Å². The van der Waals surface area contributed by atoms with Gasteiger partial charge < -0.3 is 9.64 Å². The van der Waals surface area contributed by atoms with Crippen molar-refractivity contribution in [3.8, 4) is 0 Å². The van der Waals surface area contributed by atoms with E-state index >= 15 is 0 Å². The third-order valence-electron chi connectivity index (χ3n) is 3.32. The molecule has 1 aromatic carbocycles. The Morgan fingerprint density at radius 2 is 2.25 bits per heavy atom. The summed E-state index contributed by atoms with van der Waals surface area (Å²) in [4.78, 5) is 5.17. The molecule has 0 saturated heterocycles. The first-order chi connectivity index (χ1) is 9.76. The molecule has 0 amide bonds. The van der Waals surface area contributed by atoms with Crippen molar-refractivity contribution in [3.05, 3.63) is 46.9 Å². The maximum Gasteiger partial charge on any atom is 0.0637 e. The highest BCUT2D eigenvalue weighted by Gasteiger charge is 2.21. The van der Waals surface area contributed by atoms with Crippen LogP contribution in [0.15, 0.2) is 46.2 Å². The first-order valence-electron chi connectivity index (χ1n) is 7.13. The highest BCUT2D eigenvalue weighted by molar-refractivity contribution is 8.03. The summed E-state index contributed by atoms with van der Waals surface area (Å²) in [7, 11) is 1.76. The van der Waals surface area contributed by atoms with E-state index in [1.807, 2.05) is 11.8 Å². The van der Waals surface area contributed by atoms with Gasteiger partial charge in [0.2, 0.25) is 0 Å². The average molecular weight is 289 g/mol. The van der Waals surface area contributed by atoms with E-state index in [9.17, 15) is 0 Å². The predicted molar refractivity (Wildman–Crippen MR) is 88.6 cm³/mol. The van der Waals surface area contributed by atoms with Gasteiger partial charge in [0.1, 0.15) is 0 Å². The molecule has 0 unspecified atom stereocenters. The van der Waals surface area contributed by atoms with Gasteiger partial charge in [-0.1, -0.05) is 49.0 Å². The fraction of sp³-hybridized carbons (Fsp3) is 0.412.